The summed E-state index contributed by atoms with van der Waals surface area (Å²) in [6.45, 7) is 13.8. The maximum Gasteiger partial charge on any atom is 0.146 e. The molecule has 0 radical (unpaired) electrons. The van der Waals surface area contributed by atoms with Crippen LogP contribution in [0.2, 0.25) is 0 Å². The van der Waals surface area contributed by atoms with Gasteiger partial charge in [-0.1, -0.05) is 50.0 Å². The molecule has 4 heteroatoms. The molecule has 4 aliphatic carbocycles. The topological polar surface area (TPSA) is 27.7 Å². The van der Waals surface area contributed by atoms with E-state index in [4.69, 9.17) is 14.2 Å². The predicted molar refractivity (Wildman–Crippen MR) is 144 cm³/mol. The minimum atomic E-state index is 0.342. The molecule has 0 amide bonds. The molecule has 0 aromatic rings. The van der Waals surface area contributed by atoms with Crippen molar-refractivity contribution < 1.29 is 14.2 Å². The Hall–Kier alpha value is 0.360. The van der Waals surface area contributed by atoms with Crippen molar-refractivity contribution in [2.45, 2.75) is 111 Å². The van der Waals surface area contributed by atoms with Crippen LogP contribution in [0.5, 0.6) is 0 Å². The second kappa shape index (κ2) is 11.4. The first-order chi connectivity index (χ1) is 16.4. The second-order valence-corrected chi connectivity index (χ2v) is 13.7. The van der Waals surface area contributed by atoms with Crippen LogP contribution in [-0.2, 0) is 14.2 Å². The highest BCUT2D eigenvalue weighted by Crippen LogP contribution is 2.70. The Labute approximate surface area is 219 Å². The number of halogens is 1. The van der Waals surface area contributed by atoms with Gasteiger partial charge in [-0.3, -0.25) is 0 Å². The molecule has 3 nitrogen and oxygen atoms in total. The molecule has 0 bridgehead atoms. The van der Waals surface area contributed by atoms with Gasteiger partial charge < -0.3 is 14.2 Å². The predicted octanol–water partition coefficient (Wildman–Crippen LogP) is 8.10. The third-order valence-electron chi connectivity index (χ3n) is 11.7. The van der Waals surface area contributed by atoms with E-state index in [9.17, 15) is 0 Å². The molecule has 4 unspecified atom stereocenters. The van der Waals surface area contributed by atoms with Gasteiger partial charge in [0.25, 0.3) is 0 Å². The van der Waals surface area contributed by atoms with Crippen molar-refractivity contribution in [1.29, 1.82) is 0 Å². The highest BCUT2D eigenvalue weighted by atomic mass is 79.9. The van der Waals surface area contributed by atoms with E-state index < -0.39 is 0 Å². The largest absolute Gasteiger partial charge is 0.378 e. The highest BCUT2D eigenvalue weighted by molar-refractivity contribution is 9.09. The van der Waals surface area contributed by atoms with E-state index >= 15 is 0 Å². The third kappa shape index (κ3) is 4.69. The molecule has 0 saturated heterocycles. The molecule has 4 aliphatic rings. The summed E-state index contributed by atoms with van der Waals surface area (Å²) in [6, 6.07) is 0. The lowest BCUT2D eigenvalue weighted by Gasteiger charge is -2.65. The summed E-state index contributed by atoms with van der Waals surface area (Å²) < 4.78 is 18.5. The molecular weight excluding hydrogens is 488 g/mol. The molecule has 4 fully saturated rings. The van der Waals surface area contributed by atoms with Crippen molar-refractivity contribution in [3.05, 3.63) is 0 Å². The van der Waals surface area contributed by atoms with E-state index in [0.29, 0.717) is 47.6 Å². The number of ether oxygens (including phenoxy) is 3. The van der Waals surface area contributed by atoms with Crippen LogP contribution < -0.4 is 0 Å². The van der Waals surface area contributed by atoms with Gasteiger partial charge in [-0.15, -0.1) is 0 Å². The van der Waals surface area contributed by atoms with Crippen LogP contribution in [0.4, 0.5) is 0 Å². The monoisotopic (exact) mass is 540 g/mol. The van der Waals surface area contributed by atoms with Gasteiger partial charge in [0.1, 0.15) is 6.79 Å². The zero-order chi connectivity index (χ0) is 24.5. The van der Waals surface area contributed by atoms with Gasteiger partial charge in [-0.2, -0.15) is 0 Å². The Morgan fingerprint density at radius 2 is 1.68 bits per heavy atom. The summed E-state index contributed by atoms with van der Waals surface area (Å²) in [5, 5.41) is 1.14. The third-order valence-corrected chi connectivity index (χ3v) is 12.2. The molecule has 11 atom stereocenters. The van der Waals surface area contributed by atoms with Gasteiger partial charge in [-0.05, 0) is 117 Å². The zero-order valence-corrected chi connectivity index (χ0v) is 24.6. The smallest absolute Gasteiger partial charge is 0.146 e. The fourth-order valence-electron chi connectivity index (χ4n) is 10.2. The standard InChI is InChI=1S/C30H53BrO3/c1-7-22-26-18-21(33-8-2)13-15-30(26,5)25-14-16-29(4)23(20(3)10-9-17-31)11-12-24(29)27(25)28(22)34-19-32-6/h20-28H,7-19H2,1-6H3/t20-,21-,22-,23-,24?,25?,26+,27?,28?,29-,30-/m1/s1. The number of alkyl halides is 1. The second-order valence-electron chi connectivity index (χ2n) is 12.9. The van der Waals surface area contributed by atoms with Crippen molar-refractivity contribution in [2.75, 3.05) is 25.8 Å². The summed E-state index contributed by atoms with van der Waals surface area (Å²) in [6.07, 6.45) is 14.1. The van der Waals surface area contributed by atoms with Crippen molar-refractivity contribution in [3.8, 4) is 0 Å². The molecule has 34 heavy (non-hydrogen) atoms. The Balaban J connectivity index is 1.66. The Kier molecular flexibility index (Phi) is 9.18. The first kappa shape index (κ1) is 27.4. The fourth-order valence-corrected chi connectivity index (χ4v) is 10.6. The molecule has 4 rings (SSSR count). The van der Waals surface area contributed by atoms with Gasteiger partial charge in [0.15, 0.2) is 0 Å². The van der Waals surface area contributed by atoms with Gasteiger partial charge in [0.05, 0.1) is 12.2 Å². The molecule has 0 spiro atoms. The minimum Gasteiger partial charge on any atom is -0.378 e. The molecule has 0 heterocycles. The number of hydrogen-bond donors (Lipinski definition) is 0. The van der Waals surface area contributed by atoms with Crippen molar-refractivity contribution in [3.63, 3.8) is 0 Å². The van der Waals surface area contributed by atoms with E-state index in [0.717, 1.165) is 35.6 Å². The quantitative estimate of drug-likeness (QED) is 0.207. The van der Waals surface area contributed by atoms with E-state index in [1.807, 2.05) is 0 Å². The summed E-state index contributed by atoms with van der Waals surface area (Å²) in [7, 11) is 1.79. The van der Waals surface area contributed by atoms with Crippen LogP contribution in [0, 0.1) is 52.3 Å². The van der Waals surface area contributed by atoms with Crippen LogP contribution in [-0.4, -0.2) is 38.0 Å². The molecule has 0 aromatic carbocycles. The van der Waals surface area contributed by atoms with E-state index in [-0.39, 0.29) is 0 Å². The molecule has 0 aromatic heterocycles. The molecule has 4 saturated carbocycles. The Morgan fingerprint density at radius 1 is 0.941 bits per heavy atom. The van der Waals surface area contributed by atoms with Gasteiger partial charge >= 0.3 is 0 Å². The van der Waals surface area contributed by atoms with Crippen LogP contribution >= 0.6 is 15.9 Å². The molecule has 198 valence electrons. The highest BCUT2D eigenvalue weighted by Gasteiger charge is 2.65. The van der Waals surface area contributed by atoms with Crippen LogP contribution in [0.1, 0.15) is 98.8 Å². The number of methoxy groups -OCH3 is 1. The number of hydrogen-bond acceptors (Lipinski definition) is 3. The fraction of sp³-hybridized carbons (Fsp3) is 1.00. The summed E-state index contributed by atoms with van der Waals surface area (Å²) >= 11 is 3.68. The maximum atomic E-state index is 6.74. The lowest BCUT2D eigenvalue weighted by atomic mass is 9.41. The average molecular weight is 542 g/mol. The van der Waals surface area contributed by atoms with Crippen molar-refractivity contribution in [1.82, 2.24) is 0 Å². The molecule has 0 N–H and O–H groups in total. The summed E-state index contributed by atoms with van der Waals surface area (Å²) in [5.74, 6) is 5.33. The average Bonchev–Trinajstić information content (AvgIpc) is 3.18. The normalized spacial score (nSPS) is 47.0. The lowest BCUT2D eigenvalue weighted by molar-refractivity contribution is -0.236. The minimum absolute atomic E-state index is 0.342. The van der Waals surface area contributed by atoms with Gasteiger partial charge in [0, 0.05) is 19.0 Å². The van der Waals surface area contributed by atoms with Crippen LogP contribution in [0.25, 0.3) is 0 Å². The van der Waals surface area contributed by atoms with E-state index in [1.54, 1.807) is 7.11 Å². The van der Waals surface area contributed by atoms with Crippen molar-refractivity contribution >= 4 is 15.9 Å². The zero-order valence-electron chi connectivity index (χ0n) is 23.0. The maximum absolute atomic E-state index is 6.74. The SMILES string of the molecule is CCO[C@@H]1CC[C@]2(C)C3CC[C@@]4(C)C(CC[C@@H]4[C@H](C)CCCBr)C3C(OCOC)[C@H](CC)[C@@H]2C1. The van der Waals surface area contributed by atoms with Crippen molar-refractivity contribution in [2.24, 2.45) is 52.3 Å². The summed E-state index contributed by atoms with van der Waals surface area (Å²) in [5.41, 5.74) is 0.915. The number of fused-ring (bicyclic) bond motifs is 5. The van der Waals surface area contributed by atoms with Gasteiger partial charge in [0.2, 0.25) is 0 Å². The summed E-state index contributed by atoms with van der Waals surface area (Å²) in [4.78, 5) is 0. The Bertz CT molecular complexity index is 657. The van der Waals surface area contributed by atoms with E-state index in [2.05, 4.69) is 50.5 Å². The lowest BCUT2D eigenvalue weighted by Crippen LogP contribution is -2.62. The van der Waals surface area contributed by atoms with Crippen LogP contribution in [0.3, 0.4) is 0 Å². The number of rotatable bonds is 10. The molecular formula is C30H53BrO3. The van der Waals surface area contributed by atoms with Gasteiger partial charge in [-0.25, -0.2) is 0 Å². The Morgan fingerprint density at radius 3 is 2.35 bits per heavy atom. The first-order valence-electron chi connectivity index (χ1n) is 14.6. The van der Waals surface area contributed by atoms with Crippen LogP contribution in [0.15, 0.2) is 0 Å². The first-order valence-corrected chi connectivity index (χ1v) is 15.8. The molecule has 0 aliphatic heterocycles. The van der Waals surface area contributed by atoms with E-state index in [1.165, 1.54) is 64.2 Å².